The molecular weight excluding hydrogens is 276 g/mol. The summed E-state index contributed by atoms with van der Waals surface area (Å²) in [6.07, 6.45) is 2.83. The number of amides is 1. The molecule has 2 rings (SSSR count). The van der Waals surface area contributed by atoms with Crippen molar-refractivity contribution in [2.24, 2.45) is 0 Å². The third-order valence-electron chi connectivity index (χ3n) is 3.54. The molecule has 1 aliphatic heterocycles. The summed E-state index contributed by atoms with van der Waals surface area (Å²) in [7, 11) is 0. The average Bonchev–Trinajstić information content (AvgIpc) is 2.90. The second-order valence-corrected chi connectivity index (χ2v) is 5.20. The minimum atomic E-state index is -0.536. The predicted octanol–water partition coefficient (Wildman–Crippen LogP) is 0.706. The fourth-order valence-corrected chi connectivity index (χ4v) is 2.46. The molecule has 1 aliphatic rings. The van der Waals surface area contributed by atoms with Crippen LogP contribution < -0.4 is 5.32 Å². The molecule has 0 aromatic carbocycles. The van der Waals surface area contributed by atoms with Crippen molar-refractivity contribution in [3.05, 3.63) is 28.1 Å². The van der Waals surface area contributed by atoms with E-state index in [9.17, 15) is 19.7 Å². The van der Waals surface area contributed by atoms with Crippen LogP contribution in [0.5, 0.6) is 0 Å². The van der Waals surface area contributed by atoms with E-state index in [0.717, 1.165) is 25.9 Å². The summed E-state index contributed by atoms with van der Waals surface area (Å²) < 4.78 is 0. The van der Waals surface area contributed by atoms with Gasteiger partial charge in [0.15, 0.2) is 5.78 Å². The van der Waals surface area contributed by atoms with Gasteiger partial charge in [-0.15, -0.1) is 0 Å². The van der Waals surface area contributed by atoms with Crippen LogP contribution in [-0.2, 0) is 4.79 Å². The Bertz CT molecular complexity index is 546. The smallest absolute Gasteiger partial charge is 0.287 e. The van der Waals surface area contributed by atoms with E-state index in [1.54, 1.807) is 0 Å². The summed E-state index contributed by atoms with van der Waals surface area (Å²) in [5.41, 5.74) is 0.147. The van der Waals surface area contributed by atoms with Gasteiger partial charge in [-0.2, -0.15) is 0 Å². The van der Waals surface area contributed by atoms with E-state index >= 15 is 0 Å². The standard InChI is InChI=1S/C13H18N4O4/c1-9(18)15-10-2-4-16(5-3-10)8-13(19)12-6-11(7-14-12)17(20)21/h6-7,10,14H,2-5,8H2,1H3,(H,15,18). The van der Waals surface area contributed by atoms with Gasteiger partial charge < -0.3 is 10.3 Å². The highest BCUT2D eigenvalue weighted by Gasteiger charge is 2.23. The number of Topliss-reactive ketones (excluding diaryl/α,β-unsaturated/α-hetero) is 1. The second-order valence-electron chi connectivity index (χ2n) is 5.20. The molecule has 21 heavy (non-hydrogen) atoms. The molecule has 0 saturated carbocycles. The van der Waals surface area contributed by atoms with Crippen molar-refractivity contribution in [1.29, 1.82) is 0 Å². The van der Waals surface area contributed by atoms with Gasteiger partial charge in [-0.25, -0.2) is 0 Å². The third kappa shape index (κ3) is 4.12. The molecule has 0 bridgehead atoms. The lowest BCUT2D eigenvalue weighted by molar-refractivity contribution is -0.384. The van der Waals surface area contributed by atoms with Crippen molar-refractivity contribution < 1.29 is 14.5 Å². The normalized spacial score (nSPS) is 16.6. The van der Waals surface area contributed by atoms with E-state index in [0.29, 0.717) is 0 Å². The first-order valence-electron chi connectivity index (χ1n) is 6.81. The first-order valence-corrected chi connectivity index (χ1v) is 6.81. The molecule has 1 saturated heterocycles. The predicted molar refractivity (Wildman–Crippen MR) is 75.1 cm³/mol. The zero-order chi connectivity index (χ0) is 15.4. The maximum atomic E-state index is 12.0. The van der Waals surface area contributed by atoms with Crippen LogP contribution in [0.15, 0.2) is 12.3 Å². The van der Waals surface area contributed by atoms with Gasteiger partial charge in [-0.3, -0.25) is 24.6 Å². The van der Waals surface area contributed by atoms with Gasteiger partial charge in [-0.1, -0.05) is 0 Å². The summed E-state index contributed by atoms with van der Waals surface area (Å²) in [5, 5.41) is 13.5. The fraction of sp³-hybridized carbons (Fsp3) is 0.538. The molecule has 1 fully saturated rings. The molecule has 0 spiro atoms. The Labute approximate surface area is 121 Å². The number of rotatable bonds is 5. The number of ketones is 1. The zero-order valence-corrected chi connectivity index (χ0v) is 11.8. The van der Waals surface area contributed by atoms with Crippen LogP contribution in [0.2, 0.25) is 0 Å². The lowest BCUT2D eigenvalue weighted by Crippen LogP contribution is -2.45. The molecule has 1 amide bonds. The summed E-state index contributed by atoms with van der Waals surface area (Å²) in [6, 6.07) is 1.42. The van der Waals surface area contributed by atoms with E-state index < -0.39 is 4.92 Å². The Kier molecular flexibility index (Phi) is 4.69. The number of nitrogens with one attached hydrogen (secondary N) is 2. The van der Waals surface area contributed by atoms with Crippen LogP contribution in [0.4, 0.5) is 5.69 Å². The van der Waals surface area contributed by atoms with Crippen molar-refractivity contribution in [2.45, 2.75) is 25.8 Å². The van der Waals surface area contributed by atoms with E-state index in [2.05, 4.69) is 10.3 Å². The number of carbonyl (C=O) groups is 2. The molecule has 8 heteroatoms. The van der Waals surface area contributed by atoms with Crippen LogP contribution in [0.1, 0.15) is 30.3 Å². The van der Waals surface area contributed by atoms with Gasteiger partial charge in [0, 0.05) is 32.1 Å². The molecule has 0 aliphatic carbocycles. The SMILES string of the molecule is CC(=O)NC1CCN(CC(=O)c2cc([N+](=O)[O-])c[nH]2)CC1. The van der Waals surface area contributed by atoms with Crippen molar-refractivity contribution >= 4 is 17.4 Å². The number of aromatic amines is 1. The highest BCUT2D eigenvalue weighted by Crippen LogP contribution is 2.15. The van der Waals surface area contributed by atoms with Crippen LogP contribution >= 0.6 is 0 Å². The first kappa shape index (κ1) is 15.2. The average molecular weight is 294 g/mol. The zero-order valence-electron chi connectivity index (χ0n) is 11.8. The second kappa shape index (κ2) is 6.49. The Morgan fingerprint density at radius 2 is 2.14 bits per heavy atom. The molecule has 114 valence electrons. The van der Waals surface area contributed by atoms with E-state index in [4.69, 9.17) is 0 Å². The quantitative estimate of drug-likeness (QED) is 0.472. The Morgan fingerprint density at radius 3 is 2.67 bits per heavy atom. The van der Waals surface area contributed by atoms with Crippen molar-refractivity contribution in [3.8, 4) is 0 Å². The number of piperidine rings is 1. The molecule has 0 radical (unpaired) electrons. The van der Waals surface area contributed by atoms with Gasteiger partial charge in [0.25, 0.3) is 5.69 Å². The molecular formula is C13H18N4O4. The third-order valence-corrected chi connectivity index (χ3v) is 3.54. The maximum Gasteiger partial charge on any atom is 0.287 e. The number of hydrogen-bond donors (Lipinski definition) is 2. The molecule has 0 unspecified atom stereocenters. The summed E-state index contributed by atoms with van der Waals surface area (Å²) in [6.45, 7) is 3.16. The highest BCUT2D eigenvalue weighted by atomic mass is 16.6. The first-order chi connectivity index (χ1) is 9.95. The molecule has 1 aromatic heterocycles. The van der Waals surface area contributed by atoms with Crippen LogP contribution in [-0.4, -0.2) is 52.2 Å². The van der Waals surface area contributed by atoms with Gasteiger partial charge >= 0.3 is 0 Å². The van der Waals surface area contributed by atoms with E-state index in [1.165, 1.54) is 19.2 Å². The van der Waals surface area contributed by atoms with Crippen LogP contribution in [0, 0.1) is 10.1 Å². The molecule has 8 nitrogen and oxygen atoms in total. The molecule has 2 N–H and O–H groups in total. The van der Waals surface area contributed by atoms with E-state index in [-0.39, 0.29) is 35.7 Å². The fourth-order valence-electron chi connectivity index (χ4n) is 2.46. The number of hydrogen-bond acceptors (Lipinski definition) is 5. The lowest BCUT2D eigenvalue weighted by atomic mass is 10.0. The summed E-state index contributed by atoms with van der Waals surface area (Å²) in [5.74, 6) is -0.204. The molecule has 2 heterocycles. The lowest BCUT2D eigenvalue weighted by Gasteiger charge is -2.31. The Balaban J connectivity index is 1.83. The van der Waals surface area contributed by atoms with Crippen molar-refractivity contribution in [2.75, 3.05) is 19.6 Å². The number of likely N-dealkylation sites (tertiary alicyclic amines) is 1. The Hall–Kier alpha value is -2.22. The van der Waals surface area contributed by atoms with Gasteiger partial charge in [0.05, 0.1) is 23.4 Å². The minimum absolute atomic E-state index is 0.0387. The largest absolute Gasteiger partial charge is 0.354 e. The van der Waals surface area contributed by atoms with Gasteiger partial charge in [0.1, 0.15) is 0 Å². The van der Waals surface area contributed by atoms with Crippen LogP contribution in [0.3, 0.4) is 0 Å². The number of nitro groups is 1. The molecule has 0 atom stereocenters. The topological polar surface area (TPSA) is 108 Å². The van der Waals surface area contributed by atoms with E-state index in [1.807, 2.05) is 4.90 Å². The summed E-state index contributed by atoms with van der Waals surface area (Å²) in [4.78, 5) is 37.7. The van der Waals surface area contributed by atoms with Gasteiger partial charge in [-0.05, 0) is 12.8 Å². The number of nitrogens with zero attached hydrogens (tertiary/aromatic N) is 2. The van der Waals surface area contributed by atoms with Crippen molar-refractivity contribution in [1.82, 2.24) is 15.2 Å². The minimum Gasteiger partial charge on any atom is -0.354 e. The monoisotopic (exact) mass is 294 g/mol. The highest BCUT2D eigenvalue weighted by molar-refractivity contribution is 5.96. The Morgan fingerprint density at radius 1 is 1.48 bits per heavy atom. The number of aromatic nitrogens is 1. The number of H-pyrrole nitrogens is 1. The number of carbonyl (C=O) groups excluding carboxylic acids is 2. The van der Waals surface area contributed by atoms with Crippen LogP contribution in [0.25, 0.3) is 0 Å². The maximum absolute atomic E-state index is 12.0. The summed E-state index contributed by atoms with van der Waals surface area (Å²) >= 11 is 0. The molecule has 1 aromatic rings. The van der Waals surface area contributed by atoms with Crippen molar-refractivity contribution in [3.63, 3.8) is 0 Å². The van der Waals surface area contributed by atoms with Gasteiger partial charge in [0.2, 0.25) is 5.91 Å².